The van der Waals surface area contributed by atoms with E-state index in [9.17, 15) is 9.59 Å². The lowest BCUT2D eigenvalue weighted by Crippen LogP contribution is -2.57. The fourth-order valence-corrected chi connectivity index (χ4v) is 5.12. The van der Waals surface area contributed by atoms with Crippen molar-refractivity contribution in [3.8, 4) is 0 Å². The number of hydrogen-bond donors (Lipinski definition) is 0. The quantitative estimate of drug-likeness (QED) is 0.721. The van der Waals surface area contributed by atoms with Crippen LogP contribution in [-0.4, -0.2) is 60.5 Å². The van der Waals surface area contributed by atoms with E-state index in [0.717, 1.165) is 58.2 Å². The molecule has 4 aliphatic rings. The van der Waals surface area contributed by atoms with Crippen molar-refractivity contribution in [2.24, 2.45) is 17.3 Å². The summed E-state index contributed by atoms with van der Waals surface area (Å²) in [6.45, 7) is 5.80. The van der Waals surface area contributed by atoms with Crippen LogP contribution in [0.25, 0.3) is 0 Å². The molecule has 1 unspecified atom stereocenters. The average molecular weight is 346 g/mol. The highest BCUT2D eigenvalue weighted by atomic mass is 16.5. The maximum atomic E-state index is 13.3. The third kappa shape index (κ3) is 3.12. The van der Waals surface area contributed by atoms with Gasteiger partial charge in [-0.3, -0.25) is 9.59 Å². The summed E-state index contributed by atoms with van der Waals surface area (Å²) in [5.74, 6) is 0.677. The van der Waals surface area contributed by atoms with E-state index in [1.807, 2.05) is 9.80 Å². The van der Waals surface area contributed by atoms with Gasteiger partial charge in [0.25, 0.3) is 0 Å². The maximum absolute atomic E-state index is 13.3. The van der Waals surface area contributed by atoms with Crippen molar-refractivity contribution < 1.29 is 14.3 Å². The second-order valence-electron chi connectivity index (χ2n) is 8.49. The second-order valence-corrected chi connectivity index (χ2v) is 8.49. The lowest BCUT2D eigenvalue weighted by Gasteiger charge is -2.44. The number of carbonyl (C=O) groups excluding carboxylic acids is 2. The molecule has 5 nitrogen and oxygen atoms in total. The third-order valence-corrected chi connectivity index (χ3v) is 6.73. The first kappa shape index (κ1) is 17.1. The first-order valence-electron chi connectivity index (χ1n) is 9.93. The monoisotopic (exact) mass is 346 g/mol. The molecule has 0 N–H and O–H groups in total. The molecule has 4 rings (SSSR count). The van der Waals surface area contributed by atoms with E-state index >= 15 is 0 Å². The van der Waals surface area contributed by atoms with Gasteiger partial charge in [0.2, 0.25) is 11.8 Å². The zero-order valence-electron chi connectivity index (χ0n) is 15.3. The molecule has 0 aromatic heterocycles. The van der Waals surface area contributed by atoms with Gasteiger partial charge in [-0.05, 0) is 38.5 Å². The molecule has 1 aliphatic carbocycles. The normalized spacial score (nSPS) is 38.0. The first-order chi connectivity index (χ1) is 12.1. The Morgan fingerprint density at radius 3 is 2.64 bits per heavy atom. The van der Waals surface area contributed by atoms with Crippen LogP contribution in [0.5, 0.6) is 0 Å². The number of ether oxygens (including phenoxy) is 1. The summed E-state index contributed by atoms with van der Waals surface area (Å²) < 4.78 is 5.92. The summed E-state index contributed by atoms with van der Waals surface area (Å²) in [5.41, 5.74) is -0.318. The van der Waals surface area contributed by atoms with Crippen LogP contribution in [0.3, 0.4) is 0 Å². The van der Waals surface area contributed by atoms with Crippen LogP contribution in [0, 0.1) is 17.3 Å². The van der Waals surface area contributed by atoms with Crippen molar-refractivity contribution in [2.45, 2.75) is 51.6 Å². The number of carbonyl (C=O) groups is 2. The molecule has 0 bridgehead atoms. The van der Waals surface area contributed by atoms with Crippen LogP contribution >= 0.6 is 0 Å². The highest BCUT2D eigenvalue weighted by Gasteiger charge is 2.48. The predicted octanol–water partition coefficient (Wildman–Crippen LogP) is 2.22. The van der Waals surface area contributed by atoms with Crippen molar-refractivity contribution in [3.05, 3.63) is 12.2 Å². The standard InChI is InChI=1S/C20H30N2O3/c1-20(8-3-2-4-9-20)19(24)22-13-16(15-7-12-25-17(15)14-22)18(23)21-10-5-6-11-21/h2-3,15-17H,4-14H2,1H3/t15-,16+,17+,20?/m0/s1. The fraction of sp³-hybridized carbons (Fsp3) is 0.800. The fourth-order valence-electron chi connectivity index (χ4n) is 5.12. The number of hydrogen-bond acceptors (Lipinski definition) is 3. The molecular weight excluding hydrogens is 316 g/mol. The van der Waals surface area contributed by atoms with Crippen molar-refractivity contribution in [2.75, 3.05) is 32.8 Å². The highest BCUT2D eigenvalue weighted by Crippen LogP contribution is 2.39. The minimum Gasteiger partial charge on any atom is -0.376 e. The molecular formula is C20H30N2O3. The van der Waals surface area contributed by atoms with Gasteiger partial charge < -0.3 is 14.5 Å². The predicted molar refractivity (Wildman–Crippen MR) is 94.8 cm³/mol. The minimum atomic E-state index is -0.318. The van der Waals surface area contributed by atoms with Crippen LogP contribution in [0.4, 0.5) is 0 Å². The van der Waals surface area contributed by atoms with E-state index in [0.29, 0.717) is 13.1 Å². The number of fused-ring (bicyclic) bond motifs is 1. The number of likely N-dealkylation sites (tertiary alicyclic amines) is 2. The van der Waals surface area contributed by atoms with Crippen LogP contribution < -0.4 is 0 Å². The van der Waals surface area contributed by atoms with Crippen LogP contribution in [0.1, 0.15) is 45.4 Å². The summed E-state index contributed by atoms with van der Waals surface area (Å²) >= 11 is 0. The molecule has 4 atom stereocenters. The molecule has 0 spiro atoms. The van der Waals surface area contributed by atoms with Crippen LogP contribution in [-0.2, 0) is 14.3 Å². The highest BCUT2D eigenvalue weighted by molar-refractivity contribution is 5.85. The topological polar surface area (TPSA) is 49.9 Å². The van der Waals surface area contributed by atoms with E-state index in [2.05, 4.69) is 19.1 Å². The lowest BCUT2D eigenvalue weighted by atomic mass is 9.76. The number of rotatable bonds is 2. The Balaban J connectivity index is 1.52. The Bertz CT molecular complexity index is 569. The molecule has 0 saturated carbocycles. The zero-order chi connectivity index (χ0) is 17.4. The van der Waals surface area contributed by atoms with Gasteiger partial charge in [-0.25, -0.2) is 0 Å². The number of amides is 2. The number of piperidine rings is 1. The van der Waals surface area contributed by atoms with Crippen molar-refractivity contribution in [1.82, 2.24) is 9.80 Å². The number of allylic oxidation sites excluding steroid dienone is 2. The van der Waals surface area contributed by atoms with Gasteiger partial charge in [0.1, 0.15) is 0 Å². The molecule has 3 heterocycles. The molecule has 138 valence electrons. The summed E-state index contributed by atoms with van der Waals surface area (Å²) in [7, 11) is 0. The summed E-state index contributed by atoms with van der Waals surface area (Å²) in [6.07, 6.45) is 10.2. The largest absolute Gasteiger partial charge is 0.376 e. The molecule has 0 aromatic rings. The number of nitrogens with zero attached hydrogens (tertiary/aromatic N) is 2. The SMILES string of the molecule is CC1(C(=O)N2C[C@H]3OCC[C@H]3[C@H](C(=O)N3CCCC3)C2)CC=CCC1. The summed E-state index contributed by atoms with van der Waals surface area (Å²) in [4.78, 5) is 30.3. The smallest absolute Gasteiger partial charge is 0.228 e. The van der Waals surface area contributed by atoms with Gasteiger partial charge in [-0.15, -0.1) is 0 Å². The Hall–Kier alpha value is -1.36. The molecule has 3 aliphatic heterocycles. The average Bonchev–Trinajstić information content (AvgIpc) is 3.31. The van der Waals surface area contributed by atoms with Crippen molar-refractivity contribution >= 4 is 11.8 Å². The van der Waals surface area contributed by atoms with E-state index < -0.39 is 0 Å². The van der Waals surface area contributed by atoms with Gasteiger partial charge in [0.05, 0.1) is 17.4 Å². The van der Waals surface area contributed by atoms with Gasteiger partial charge in [0.15, 0.2) is 0 Å². The Morgan fingerprint density at radius 1 is 1.12 bits per heavy atom. The van der Waals surface area contributed by atoms with Gasteiger partial charge >= 0.3 is 0 Å². The Morgan fingerprint density at radius 2 is 1.92 bits per heavy atom. The van der Waals surface area contributed by atoms with Crippen molar-refractivity contribution in [3.63, 3.8) is 0 Å². The molecule has 0 radical (unpaired) electrons. The van der Waals surface area contributed by atoms with Gasteiger partial charge in [-0.1, -0.05) is 19.1 Å². The molecule has 5 heteroatoms. The van der Waals surface area contributed by atoms with E-state index in [-0.39, 0.29) is 35.2 Å². The van der Waals surface area contributed by atoms with E-state index in [4.69, 9.17) is 4.74 Å². The first-order valence-corrected chi connectivity index (χ1v) is 9.93. The summed E-state index contributed by atoms with van der Waals surface area (Å²) in [6, 6.07) is 0. The molecule has 2 amide bonds. The third-order valence-electron chi connectivity index (χ3n) is 6.73. The second kappa shape index (κ2) is 6.75. The Kier molecular flexibility index (Phi) is 4.61. The van der Waals surface area contributed by atoms with Crippen LogP contribution in [0.2, 0.25) is 0 Å². The molecule has 3 saturated heterocycles. The van der Waals surface area contributed by atoms with E-state index in [1.54, 1.807) is 0 Å². The molecule has 3 fully saturated rings. The zero-order valence-corrected chi connectivity index (χ0v) is 15.3. The maximum Gasteiger partial charge on any atom is 0.228 e. The summed E-state index contributed by atoms with van der Waals surface area (Å²) in [5, 5.41) is 0. The van der Waals surface area contributed by atoms with E-state index in [1.165, 1.54) is 0 Å². The minimum absolute atomic E-state index is 0.0389. The molecule has 25 heavy (non-hydrogen) atoms. The van der Waals surface area contributed by atoms with Crippen LogP contribution in [0.15, 0.2) is 12.2 Å². The Labute approximate surface area is 150 Å². The van der Waals surface area contributed by atoms with Gasteiger partial charge in [0, 0.05) is 38.7 Å². The lowest BCUT2D eigenvalue weighted by molar-refractivity contribution is -0.152. The molecule has 0 aromatic carbocycles. The van der Waals surface area contributed by atoms with Crippen molar-refractivity contribution in [1.29, 1.82) is 0 Å². The van der Waals surface area contributed by atoms with Gasteiger partial charge in [-0.2, -0.15) is 0 Å².